The summed E-state index contributed by atoms with van der Waals surface area (Å²) < 4.78 is 0. The molecule has 6 nitrogen and oxygen atoms in total. The molecule has 1 aromatic rings. The van der Waals surface area contributed by atoms with Crippen LogP contribution in [0, 0.1) is 5.92 Å². The Labute approximate surface area is 129 Å². The first kappa shape index (κ1) is 16.0. The van der Waals surface area contributed by atoms with Crippen LogP contribution in [0.4, 0.5) is 5.69 Å². The summed E-state index contributed by atoms with van der Waals surface area (Å²) in [6, 6.07) is 6.14. The SMILES string of the molecule is CC(C)CNC(=O)CN1C(=O)[C@H](C)NC(=O)c2ccccc21. The van der Waals surface area contributed by atoms with Gasteiger partial charge in [-0.15, -0.1) is 0 Å². The second kappa shape index (κ2) is 6.60. The molecular weight excluding hydrogens is 282 g/mol. The van der Waals surface area contributed by atoms with Crippen LogP contribution in [-0.4, -0.2) is 36.9 Å². The number of carbonyl (C=O) groups excluding carboxylic acids is 3. The third kappa shape index (κ3) is 3.44. The molecule has 1 aromatic carbocycles. The molecule has 0 bridgehead atoms. The molecule has 2 rings (SSSR count). The van der Waals surface area contributed by atoms with E-state index in [1.54, 1.807) is 31.2 Å². The maximum Gasteiger partial charge on any atom is 0.254 e. The number of benzene rings is 1. The van der Waals surface area contributed by atoms with Crippen LogP contribution in [0.2, 0.25) is 0 Å². The fraction of sp³-hybridized carbons (Fsp3) is 0.438. The number of rotatable bonds is 4. The predicted molar refractivity (Wildman–Crippen MR) is 83.6 cm³/mol. The Morgan fingerprint density at radius 2 is 2.00 bits per heavy atom. The first-order chi connectivity index (χ1) is 10.4. The van der Waals surface area contributed by atoms with Crippen LogP contribution in [0.1, 0.15) is 31.1 Å². The van der Waals surface area contributed by atoms with Gasteiger partial charge in [0.05, 0.1) is 11.3 Å². The lowest BCUT2D eigenvalue weighted by Crippen LogP contribution is -2.47. The van der Waals surface area contributed by atoms with E-state index >= 15 is 0 Å². The molecule has 0 fully saturated rings. The van der Waals surface area contributed by atoms with Crippen molar-refractivity contribution in [1.82, 2.24) is 10.6 Å². The number of para-hydroxylation sites is 1. The van der Waals surface area contributed by atoms with Crippen LogP contribution in [-0.2, 0) is 9.59 Å². The Bertz CT molecular complexity index is 598. The molecule has 0 unspecified atom stereocenters. The van der Waals surface area contributed by atoms with Crippen molar-refractivity contribution in [2.24, 2.45) is 5.92 Å². The van der Waals surface area contributed by atoms with Crippen LogP contribution in [0.25, 0.3) is 0 Å². The van der Waals surface area contributed by atoms with E-state index in [1.807, 2.05) is 13.8 Å². The normalized spacial score (nSPS) is 17.8. The van der Waals surface area contributed by atoms with Crippen LogP contribution in [0.15, 0.2) is 24.3 Å². The molecule has 0 saturated heterocycles. The number of amides is 3. The third-order valence-corrected chi connectivity index (χ3v) is 3.43. The zero-order chi connectivity index (χ0) is 16.3. The van der Waals surface area contributed by atoms with Gasteiger partial charge in [0, 0.05) is 6.54 Å². The van der Waals surface area contributed by atoms with E-state index in [1.165, 1.54) is 4.90 Å². The number of nitrogens with zero attached hydrogens (tertiary/aromatic N) is 1. The van der Waals surface area contributed by atoms with Crippen molar-refractivity contribution in [2.45, 2.75) is 26.8 Å². The summed E-state index contributed by atoms with van der Waals surface area (Å²) in [5.41, 5.74) is 0.867. The summed E-state index contributed by atoms with van der Waals surface area (Å²) >= 11 is 0. The van der Waals surface area contributed by atoms with Crippen molar-refractivity contribution >= 4 is 23.4 Å². The quantitative estimate of drug-likeness (QED) is 0.868. The number of hydrogen-bond acceptors (Lipinski definition) is 3. The van der Waals surface area contributed by atoms with Crippen LogP contribution < -0.4 is 15.5 Å². The van der Waals surface area contributed by atoms with E-state index < -0.39 is 6.04 Å². The van der Waals surface area contributed by atoms with Gasteiger partial charge >= 0.3 is 0 Å². The highest BCUT2D eigenvalue weighted by atomic mass is 16.2. The summed E-state index contributed by atoms with van der Waals surface area (Å²) in [6.07, 6.45) is 0. The molecule has 0 radical (unpaired) electrons. The van der Waals surface area contributed by atoms with Crippen LogP contribution >= 0.6 is 0 Å². The average Bonchev–Trinajstić information content (AvgIpc) is 2.57. The van der Waals surface area contributed by atoms with Gasteiger partial charge in [-0.3, -0.25) is 14.4 Å². The molecule has 6 heteroatoms. The molecule has 3 amide bonds. The van der Waals surface area contributed by atoms with Gasteiger partial charge in [-0.05, 0) is 25.0 Å². The number of nitrogens with one attached hydrogen (secondary N) is 2. The summed E-state index contributed by atoms with van der Waals surface area (Å²) in [6.45, 7) is 6.07. The monoisotopic (exact) mass is 303 g/mol. The minimum atomic E-state index is -0.669. The molecule has 0 spiro atoms. The van der Waals surface area contributed by atoms with Crippen molar-refractivity contribution < 1.29 is 14.4 Å². The lowest BCUT2D eigenvalue weighted by atomic mass is 10.1. The number of carbonyl (C=O) groups is 3. The first-order valence-corrected chi connectivity index (χ1v) is 7.38. The third-order valence-electron chi connectivity index (χ3n) is 3.43. The summed E-state index contributed by atoms with van der Waals surface area (Å²) in [7, 11) is 0. The molecular formula is C16H21N3O3. The summed E-state index contributed by atoms with van der Waals surface area (Å²) in [5, 5.41) is 5.43. The Morgan fingerprint density at radius 1 is 1.32 bits per heavy atom. The standard InChI is InChI=1S/C16H21N3O3/c1-10(2)8-17-14(20)9-19-13-7-5-4-6-12(13)15(21)18-11(3)16(19)22/h4-7,10-11H,8-9H2,1-3H3,(H,17,20)(H,18,21)/t11-/m0/s1. The second-order valence-electron chi connectivity index (χ2n) is 5.83. The molecule has 1 aliphatic heterocycles. The smallest absolute Gasteiger partial charge is 0.254 e. The topological polar surface area (TPSA) is 78.5 Å². The van der Waals surface area contributed by atoms with E-state index in [2.05, 4.69) is 10.6 Å². The van der Waals surface area contributed by atoms with E-state index in [0.717, 1.165) is 0 Å². The van der Waals surface area contributed by atoms with Crippen molar-refractivity contribution in [2.75, 3.05) is 18.0 Å². The van der Waals surface area contributed by atoms with Gasteiger partial charge in [0.25, 0.3) is 5.91 Å². The Morgan fingerprint density at radius 3 is 2.68 bits per heavy atom. The van der Waals surface area contributed by atoms with Crippen LogP contribution in [0.5, 0.6) is 0 Å². The molecule has 22 heavy (non-hydrogen) atoms. The van der Waals surface area contributed by atoms with Gasteiger partial charge in [0.2, 0.25) is 11.8 Å². The van der Waals surface area contributed by atoms with E-state index in [9.17, 15) is 14.4 Å². The summed E-state index contributed by atoms with van der Waals surface area (Å²) in [5.74, 6) is -0.504. The van der Waals surface area contributed by atoms with Crippen molar-refractivity contribution in [3.63, 3.8) is 0 Å². The van der Waals surface area contributed by atoms with Gasteiger partial charge in [-0.1, -0.05) is 26.0 Å². The number of hydrogen-bond donors (Lipinski definition) is 2. The van der Waals surface area contributed by atoms with Crippen LogP contribution in [0.3, 0.4) is 0 Å². The predicted octanol–water partition coefficient (Wildman–Crippen LogP) is 0.924. The fourth-order valence-electron chi connectivity index (χ4n) is 2.27. The second-order valence-corrected chi connectivity index (χ2v) is 5.83. The van der Waals surface area contributed by atoms with E-state index in [0.29, 0.717) is 23.7 Å². The molecule has 2 N–H and O–H groups in total. The Kier molecular flexibility index (Phi) is 4.80. The number of fused-ring (bicyclic) bond motifs is 1. The van der Waals surface area contributed by atoms with Crippen molar-refractivity contribution in [1.29, 1.82) is 0 Å². The first-order valence-electron chi connectivity index (χ1n) is 7.38. The lowest BCUT2D eigenvalue weighted by molar-refractivity contribution is -0.124. The Balaban J connectivity index is 2.27. The van der Waals surface area contributed by atoms with Gasteiger partial charge < -0.3 is 15.5 Å². The van der Waals surface area contributed by atoms with Crippen molar-refractivity contribution in [3.05, 3.63) is 29.8 Å². The van der Waals surface area contributed by atoms with Crippen molar-refractivity contribution in [3.8, 4) is 0 Å². The summed E-state index contributed by atoms with van der Waals surface area (Å²) in [4.78, 5) is 38.0. The molecule has 1 heterocycles. The maximum absolute atomic E-state index is 12.5. The van der Waals surface area contributed by atoms with E-state index in [4.69, 9.17) is 0 Å². The fourth-order valence-corrected chi connectivity index (χ4v) is 2.27. The minimum absolute atomic E-state index is 0.0954. The lowest BCUT2D eigenvalue weighted by Gasteiger charge is -2.23. The van der Waals surface area contributed by atoms with Gasteiger partial charge in [0.1, 0.15) is 12.6 Å². The van der Waals surface area contributed by atoms with E-state index in [-0.39, 0.29) is 24.3 Å². The Hall–Kier alpha value is -2.37. The molecule has 1 atom stereocenters. The zero-order valence-electron chi connectivity index (χ0n) is 13.1. The van der Waals surface area contributed by atoms with Gasteiger partial charge in [0.15, 0.2) is 0 Å². The molecule has 0 aliphatic carbocycles. The highest BCUT2D eigenvalue weighted by Crippen LogP contribution is 2.23. The van der Waals surface area contributed by atoms with Gasteiger partial charge in [-0.2, -0.15) is 0 Å². The largest absolute Gasteiger partial charge is 0.354 e. The highest BCUT2D eigenvalue weighted by Gasteiger charge is 2.31. The maximum atomic E-state index is 12.5. The molecule has 118 valence electrons. The zero-order valence-corrected chi connectivity index (χ0v) is 13.1. The van der Waals surface area contributed by atoms with Gasteiger partial charge in [-0.25, -0.2) is 0 Å². The molecule has 0 aromatic heterocycles. The minimum Gasteiger partial charge on any atom is -0.354 e. The molecule has 0 saturated carbocycles. The highest BCUT2D eigenvalue weighted by molar-refractivity contribution is 6.12. The molecule has 1 aliphatic rings. The average molecular weight is 303 g/mol. The number of anilines is 1.